The molecule has 6 rings (SSSR count). The Morgan fingerprint density at radius 1 is 0.875 bits per heavy atom. The molecule has 2 heterocycles. The van der Waals surface area contributed by atoms with E-state index in [0.717, 1.165) is 35.1 Å². The zero-order valence-electron chi connectivity index (χ0n) is 32.0. The first-order valence-electron chi connectivity index (χ1n) is 18.4. The van der Waals surface area contributed by atoms with Crippen molar-refractivity contribution in [2.45, 2.75) is 74.5 Å². The van der Waals surface area contributed by atoms with E-state index in [0.29, 0.717) is 72.9 Å². The van der Waals surface area contributed by atoms with Crippen LogP contribution in [0.3, 0.4) is 0 Å². The highest BCUT2D eigenvalue weighted by atomic mass is 35.6. The molecule has 2 bridgehead atoms. The van der Waals surface area contributed by atoms with Gasteiger partial charge in [0.1, 0.15) is 42.8 Å². The summed E-state index contributed by atoms with van der Waals surface area (Å²) in [7, 11) is 1.60. The molecule has 1 saturated carbocycles. The molecule has 2 unspecified atom stereocenters. The maximum absolute atomic E-state index is 14.9. The highest BCUT2D eigenvalue weighted by Gasteiger charge is 2.50. The molecule has 2 amide bonds. The summed E-state index contributed by atoms with van der Waals surface area (Å²) in [6, 6.07) is 17.9. The molecule has 0 radical (unpaired) electrons. The molecule has 3 aromatic carbocycles. The maximum atomic E-state index is 14.9. The molecule has 3 aliphatic rings. The highest BCUT2D eigenvalue weighted by molar-refractivity contribution is 6.68. The van der Waals surface area contributed by atoms with Gasteiger partial charge in [-0.15, -0.1) is 12.4 Å². The van der Waals surface area contributed by atoms with Crippen molar-refractivity contribution >= 4 is 76.4 Å². The average Bonchev–Trinajstić information content (AvgIpc) is 3.98. The first kappa shape index (κ1) is 43.9. The Kier molecular flexibility index (Phi) is 14.5. The third-order valence-corrected chi connectivity index (χ3v) is 11.9. The van der Waals surface area contributed by atoms with E-state index < -0.39 is 21.5 Å². The summed E-state index contributed by atoms with van der Waals surface area (Å²) in [5.41, 5.74) is 3.01. The number of piperazine rings is 1. The maximum Gasteiger partial charge on any atom is 0.411 e. The van der Waals surface area contributed by atoms with Gasteiger partial charge in [-0.1, -0.05) is 64.6 Å². The van der Waals surface area contributed by atoms with Gasteiger partial charge < -0.3 is 33.9 Å². The number of nitrogens with one attached hydrogen (secondary N) is 1. The second-order valence-corrected chi connectivity index (χ2v) is 17.2. The summed E-state index contributed by atoms with van der Waals surface area (Å²) >= 11 is 25.0. The molecule has 10 nitrogen and oxygen atoms in total. The van der Waals surface area contributed by atoms with Crippen LogP contribution in [0.15, 0.2) is 66.2 Å². The minimum absolute atomic E-state index is 0. The van der Waals surface area contributed by atoms with Gasteiger partial charge in [0.2, 0.25) is 3.79 Å². The van der Waals surface area contributed by atoms with Crippen molar-refractivity contribution in [2.75, 3.05) is 46.6 Å². The summed E-state index contributed by atoms with van der Waals surface area (Å²) < 4.78 is 27.3. The summed E-state index contributed by atoms with van der Waals surface area (Å²) in [6.07, 6.45) is 1.52. The van der Waals surface area contributed by atoms with Crippen LogP contribution in [0.2, 0.25) is 5.02 Å². The van der Waals surface area contributed by atoms with Crippen LogP contribution in [0.5, 0.6) is 23.0 Å². The molecule has 1 saturated heterocycles. The second kappa shape index (κ2) is 18.6. The third-order valence-electron chi connectivity index (χ3n) is 10.3. The smallest absolute Gasteiger partial charge is 0.411 e. The number of hydrogen-bond donors (Lipinski definition) is 1. The summed E-state index contributed by atoms with van der Waals surface area (Å²) in [4.78, 5) is 32.4. The summed E-state index contributed by atoms with van der Waals surface area (Å²) in [5.74, 6) is 2.44. The fourth-order valence-corrected chi connectivity index (χ4v) is 7.21. The molecule has 3 aromatic rings. The van der Waals surface area contributed by atoms with Crippen LogP contribution in [0.1, 0.15) is 49.8 Å². The lowest BCUT2D eigenvalue weighted by Gasteiger charge is -2.48. The van der Waals surface area contributed by atoms with Crippen LogP contribution in [0.25, 0.3) is 5.57 Å². The lowest BCUT2D eigenvalue weighted by Crippen LogP contribution is -2.64. The van der Waals surface area contributed by atoms with Crippen LogP contribution in [-0.2, 0) is 9.53 Å². The van der Waals surface area contributed by atoms with Crippen molar-refractivity contribution in [2.24, 2.45) is 0 Å². The molecule has 2 aliphatic heterocycles. The van der Waals surface area contributed by atoms with E-state index in [2.05, 4.69) is 5.32 Å². The van der Waals surface area contributed by atoms with Gasteiger partial charge in [0.05, 0.1) is 30.8 Å². The second-order valence-electron chi connectivity index (χ2n) is 14.6. The zero-order valence-corrected chi connectivity index (χ0v) is 35.9. The number of hydrogen-bond acceptors (Lipinski definition) is 8. The number of aryl methyl sites for hydroxylation is 2. The Balaban J connectivity index is 0.00000600. The van der Waals surface area contributed by atoms with Gasteiger partial charge in [0.25, 0.3) is 5.91 Å². The topological polar surface area (TPSA) is 98.8 Å². The molecule has 15 heteroatoms. The standard InChI is InChI=1S/C41H47Cl4N3O7.ClH/c1-25-19-34(42)36(20-26(25)2)54-18-17-53-30-13-9-27(10-14-30)33-21-29-23-46-24-35(48(29)39(50)55-40(3,4)41(43,44)45)37(33)38(49)47(28-11-12-28)15-16-52-32-8-6-7-31(22-32)51-5;/h6-10,13-14,19-20,22,28-29,35,46H,11-12,15-18,21,23-24H2,1-5H3;1H. The van der Waals surface area contributed by atoms with Crippen LogP contribution < -0.4 is 24.3 Å². The van der Waals surface area contributed by atoms with Gasteiger partial charge in [-0.2, -0.15) is 0 Å². The van der Waals surface area contributed by atoms with E-state index in [1.165, 1.54) is 0 Å². The van der Waals surface area contributed by atoms with Crippen molar-refractivity contribution in [3.63, 3.8) is 0 Å². The number of nitrogens with zero attached hydrogens (tertiary/aromatic N) is 2. The lowest BCUT2D eigenvalue weighted by atomic mass is 9.82. The molecule has 1 aliphatic carbocycles. The quantitative estimate of drug-likeness (QED) is 0.127. The van der Waals surface area contributed by atoms with E-state index in [-0.39, 0.29) is 37.0 Å². The Bertz CT molecular complexity index is 1900. The molecule has 0 spiro atoms. The van der Waals surface area contributed by atoms with Crippen molar-refractivity contribution in [3.05, 3.63) is 87.9 Å². The predicted molar refractivity (Wildman–Crippen MR) is 224 cm³/mol. The van der Waals surface area contributed by atoms with Gasteiger partial charge in [0, 0.05) is 30.8 Å². The normalized spacial score (nSPS) is 18.1. The fraction of sp³-hybridized carbons (Fsp3) is 0.463. The number of carbonyl (C=O) groups excluding carboxylic acids is 2. The van der Waals surface area contributed by atoms with E-state index in [1.807, 2.05) is 79.4 Å². The number of fused-ring (bicyclic) bond motifs is 2. The van der Waals surface area contributed by atoms with Crippen molar-refractivity contribution in [1.29, 1.82) is 0 Å². The molecule has 2 atom stereocenters. The number of alkyl halides is 3. The lowest BCUT2D eigenvalue weighted by molar-refractivity contribution is -0.129. The van der Waals surface area contributed by atoms with Gasteiger partial charge >= 0.3 is 6.09 Å². The zero-order chi connectivity index (χ0) is 39.5. The SMILES string of the molecule is COc1cccc(OCCN(C(=O)C2=C(c3ccc(OCCOc4cc(C)c(C)cc4Cl)cc3)CC3CNCC2N3C(=O)OC(C)(C)C(Cl)(Cl)Cl)C2CC2)c1.Cl. The number of rotatable bonds is 14. The van der Waals surface area contributed by atoms with Crippen molar-refractivity contribution in [3.8, 4) is 23.0 Å². The highest BCUT2D eigenvalue weighted by Crippen LogP contribution is 2.43. The number of carbonyl (C=O) groups is 2. The minimum Gasteiger partial charge on any atom is -0.497 e. The Morgan fingerprint density at radius 3 is 2.21 bits per heavy atom. The average molecular weight is 872 g/mol. The Morgan fingerprint density at radius 2 is 1.54 bits per heavy atom. The minimum atomic E-state index is -1.88. The van der Waals surface area contributed by atoms with Gasteiger partial charge in [-0.05, 0) is 106 Å². The number of benzene rings is 3. The number of halogens is 5. The number of ether oxygens (including phenoxy) is 5. The van der Waals surface area contributed by atoms with E-state index in [9.17, 15) is 9.59 Å². The van der Waals surface area contributed by atoms with E-state index >= 15 is 0 Å². The number of amides is 2. The van der Waals surface area contributed by atoms with Crippen LogP contribution in [0, 0.1) is 13.8 Å². The predicted octanol–water partition coefficient (Wildman–Crippen LogP) is 9.00. The summed E-state index contributed by atoms with van der Waals surface area (Å²) in [6.45, 7) is 9.21. The monoisotopic (exact) mass is 869 g/mol. The third kappa shape index (κ3) is 10.2. The van der Waals surface area contributed by atoms with Gasteiger partial charge in [-0.25, -0.2) is 4.79 Å². The number of methoxy groups -OCH3 is 1. The molecule has 56 heavy (non-hydrogen) atoms. The van der Waals surface area contributed by atoms with Crippen LogP contribution in [0.4, 0.5) is 4.79 Å². The van der Waals surface area contributed by atoms with Gasteiger partial charge in [0.15, 0.2) is 5.60 Å². The first-order chi connectivity index (χ1) is 26.2. The van der Waals surface area contributed by atoms with Crippen LogP contribution >= 0.6 is 58.8 Å². The molecule has 2 fully saturated rings. The Hall–Kier alpha value is -3.25. The molecule has 0 aromatic heterocycles. The molecular weight excluding hydrogens is 824 g/mol. The van der Waals surface area contributed by atoms with Crippen molar-refractivity contribution < 1.29 is 33.3 Å². The van der Waals surface area contributed by atoms with Crippen LogP contribution in [-0.4, -0.2) is 95.9 Å². The van der Waals surface area contributed by atoms with Gasteiger partial charge in [-0.3, -0.25) is 9.69 Å². The van der Waals surface area contributed by atoms with E-state index in [1.54, 1.807) is 25.9 Å². The molecule has 1 N–H and O–H groups in total. The summed E-state index contributed by atoms with van der Waals surface area (Å²) in [5, 5.41) is 3.99. The Labute approximate surface area is 355 Å². The molecular formula is C41H48Cl5N3O7. The largest absolute Gasteiger partial charge is 0.497 e. The first-order valence-corrected chi connectivity index (χ1v) is 19.9. The molecule has 304 valence electrons. The van der Waals surface area contributed by atoms with Crippen molar-refractivity contribution in [1.82, 2.24) is 15.1 Å². The van der Waals surface area contributed by atoms with E-state index in [4.69, 9.17) is 70.1 Å². The fourth-order valence-electron chi connectivity index (χ4n) is 6.82.